The molecule has 2 heterocycles. The summed E-state index contributed by atoms with van der Waals surface area (Å²) in [6, 6.07) is 16.6. The second kappa shape index (κ2) is 9.09. The minimum absolute atomic E-state index is 0.234. The van der Waals surface area contributed by atoms with Crippen molar-refractivity contribution in [1.29, 1.82) is 0 Å². The Morgan fingerprint density at radius 2 is 1.97 bits per heavy atom. The van der Waals surface area contributed by atoms with E-state index in [0.29, 0.717) is 38.1 Å². The van der Waals surface area contributed by atoms with E-state index in [0.717, 1.165) is 11.1 Å². The third kappa shape index (κ3) is 3.89. The molecule has 3 atom stereocenters. The van der Waals surface area contributed by atoms with Crippen molar-refractivity contribution in [3.8, 4) is 5.75 Å². The number of rotatable bonds is 5. The van der Waals surface area contributed by atoms with Gasteiger partial charge in [-0.15, -0.1) is 0 Å². The van der Waals surface area contributed by atoms with Gasteiger partial charge in [-0.3, -0.25) is 19.8 Å². The number of nitrogens with one attached hydrogen (secondary N) is 1. The van der Waals surface area contributed by atoms with Gasteiger partial charge < -0.3 is 10.1 Å². The van der Waals surface area contributed by atoms with Crippen molar-refractivity contribution in [2.75, 3.05) is 18.9 Å². The fourth-order valence-electron chi connectivity index (χ4n) is 5.24. The molecule has 0 aliphatic carbocycles. The highest BCUT2D eigenvalue weighted by Gasteiger charge is 2.68. The Morgan fingerprint density at radius 1 is 1.20 bits per heavy atom. The van der Waals surface area contributed by atoms with Crippen molar-refractivity contribution < 1.29 is 14.5 Å². The zero-order chi connectivity index (χ0) is 24.9. The molecule has 2 aliphatic rings. The molecular formula is C25H20BrCl2N3O4. The third-order valence-corrected chi connectivity index (χ3v) is 8.03. The molecule has 3 aromatic rings. The van der Waals surface area contributed by atoms with Gasteiger partial charge in [0.2, 0.25) is 0 Å². The summed E-state index contributed by atoms with van der Waals surface area (Å²) in [5.41, 5.74) is 1.40. The Hall–Kier alpha value is -2.65. The van der Waals surface area contributed by atoms with Crippen molar-refractivity contribution in [3.63, 3.8) is 0 Å². The monoisotopic (exact) mass is 575 g/mol. The number of amides is 1. The van der Waals surface area contributed by atoms with Crippen LogP contribution < -0.4 is 10.1 Å². The molecule has 1 saturated heterocycles. The van der Waals surface area contributed by atoms with Gasteiger partial charge in [-0.1, -0.05) is 53.5 Å². The zero-order valence-electron chi connectivity index (χ0n) is 18.5. The number of hydrogen-bond donors (Lipinski definition) is 1. The zero-order valence-corrected chi connectivity index (χ0v) is 21.6. The van der Waals surface area contributed by atoms with E-state index in [1.165, 1.54) is 0 Å². The first kappa shape index (κ1) is 24.1. The number of likely N-dealkylation sites (tertiary alicyclic amines) is 1. The highest BCUT2D eigenvalue weighted by atomic mass is 79.9. The molecule has 7 nitrogen and oxygen atoms in total. The number of carbonyl (C=O) groups excluding carboxylic acids is 1. The molecule has 180 valence electrons. The average molecular weight is 577 g/mol. The molecule has 5 rings (SSSR count). The molecule has 1 N–H and O–H groups in total. The maximum absolute atomic E-state index is 13.2. The summed E-state index contributed by atoms with van der Waals surface area (Å²) < 4.78 is 6.59. The van der Waals surface area contributed by atoms with Gasteiger partial charge in [-0.2, -0.15) is 0 Å². The summed E-state index contributed by atoms with van der Waals surface area (Å²) in [6.45, 7) is 0.581. The van der Waals surface area contributed by atoms with Crippen LogP contribution in [0.25, 0.3) is 0 Å². The lowest BCUT2D eigenvalue weighted by Gasteiger charge is -2.30. The van der Waals surface area contributed by atoms with Crippen LogP contribution in [0.3, 0.4) is 0 Å². The Morgan fingerprint density at radius 3 is 2.69 bits per heavy atom. The molecule has 2 aliphatic heterocycles. The normalized spacial score (nSPS) is 23.4. The van der Waals surface area contributed by atoms with Gasteiger partial charge in [-0.05, 0) is 58.9 Å². The van der Waals surface area contributed by atoms with Crippen LogP contribution in [0.2, 0.25) is 10.0 Å². The van der Waals surface area contributed by atoms with Crippen molar-refractivity contribution in [2.45, 2.75) is 24.1 Å². The van der Waals surface area contributed by atoms with Gasteiger partial charge in [-0.25, -0.2) is 0 Å². The number of nitrogens with zero attached hydrogens (tertiary/aromatic N) is 2. The van der Waals surface area contributed by atoms with Gasteiger partial charge in [0, 0.05) is 38.3 Å². The number of halogens is 3. The second-order valence-electron chi connectivity index (χ2n) is 8.70. The van der Waals surface area contributed by atoms with E-state index < -0.39 is 17.5 Å². The van der Waals surface area contributed by atoms with E-state index in [1.54, 1.807) is 60.5 Å². The van der Waals surface area contributed by atoms with Crippen LogP contribution in [0, 0.1) is 10.1 Å². The quantitative estimate of drug-likeness (QED) is 0.304. The molecular weight excluding hydrogens is 557 g/mol. The minimum atomic E-state index is -1.38. The van der Waals surface area contributed by atoms with Gasteiger partial charge in [0.1, 0.15) is 12.4 Å². The number of carbonyl (C=O) groups is 1. The number of likely N-dealkylation sites (N-methyl/N-ethyl adjacent to an activating group) is 1. The Balaban J connectivity index is 1.46. The van der Waals surface area contributed by atoms with Crippen molar-refractivity contribution in [1.82, 2.24) is 4.90 Å². The lowest BCUT2D eigenvalue weighted by Crippen LogP contribution is -2.54. The number of para-hydroxylation sites is 1. The van der Waals surface area contributed by atoms with Gasteiger partial charge in [0.15, 0.2) is 5.54 Å². The highest BCUT2D eigenvalue weighted by Crippen LogP contribution is 2.52. The van der Waals surface area contributed by atoms with Crippen molar-refractivity contribution in [3.05, 3.63) is 102 Å². The molecule has 3 aromatic carbocycles. The summed E-state index contributed by atoms with van der Waals surface area (Å²) in [5.74, 6) is -0.310. The highest BCUT2D eigenvalue weighted by molar-refractivity contribution is 9.10. The Kier molecular flexibility index (Phi) is 6.25. The van der Waals surface area contributed by atoms with Crippen LogP contribution in [0.1, 0.15) is 22.6 Å². The topological polar surface area (TPSA) is 84.7 Å². The van der Waals surface area contributed by atoms with E-state index in [4.69, 9.17) is 27.9 Å². The molecule has 35 heavy (non-hydrogen) atoms. The average Bonchev–Trinajstić information content (AvgIpc) is 3.29. The van der Waals surface area contributed by atoms with Gasteiger partial charge in [0.05, 0.1) is 10.4 Å². The van der Waals surface area contributed by atoms with E-state index in [2.05, 4.69) is 21.2 Å². The minimum Gasteiger partial charge on any atom is -0.488 e. The molecule has 0 saturated carbocycles. The molecule has 0 unspecified atom stereocenters. The first-order valence-corrected chi connectivity index (χ1v) is 12.4. The van der Waals surface area contributed by atoms with Crippen LogP contribution in [0.4, 0.5) is 5.69 Å². The summed E-state index contributed by atoms with van der Waals surface area (Å²) in [7, 11) is 1.76. The van der Waals surface area contributed by atoms with Crippen LogP contribution in [0.15, 0.2) is 65.1 Å². The fourth-order valence-corrected chi connectivity index (χ4v) is 6.21. The summed E-state index contributed by atoms with van der Waals surface area (Å²) in [6.07, 6.45) is 0. The number of hydrogen-bond acceptors (Lipinski definition) is 5. The van der Waals surface area contributed by atoms with Crippen molar-refractivity contribution in [2.24, 2.45) is 0 Å². The van der Waals surface area contributed by atoms with Crippen LogP contribution in [-0.2, 0) is 16.9 Å². The third-order valence-electron chi connectivity index (χ3n) is 6.82. The van der Waals surface area contributed by atoms with E-state index in [9.17, 15) is 14.9 Å². The first-order chi connectivity index (χ1) is 16.7. The predicted molar refractivity (Wildman–Crippen MR) is 138 cm³/mol. The number of anilines is 1. The number of ether oxygens (including phenoxy) is 1. The standard InChI is InChI=1S/C25H20BrCl2N3O4/c1-30-12-17(23(31(33)34)25(30)18-4-2-3-5-21(18)29-24(25)32)14-7-9-22(19(26)10-14)35-13-15-6-8-16(27)11-20(15)28/h2-11,17,23H,12-13H2,1H3,(H,29,32)/t17-,23-,25+/m1/s1. The predicted octanol–water partition coefficient (Wildman–Crippen LogP) is 5.86. The fraction of sp³-hybridized carbons (Fsp3) is 0.240. The molecule has 0 radical (unpaired) electrons. The SMILES string of the molecule is CN1C[C@H](c2ccc(OCc3ccc(Cl)cc3Cl)c(Br)c2)[C@@H]([N+](=O)[O-])[C@@]12C(=O)Nc1ccccc12. The summed E-state index contributed by atoms with van der Waals surface area (Å²) >= 11 is 15.7. The van der Waals surface area contributed by atoms with Crippen LogP contribution in [-0.4, -0.2) is 35.4 Å². The lowest BCUT2D eigenvalue weighted by molar-refractivity contribution is -0.534. The smallest absolute Gasteiger partial charge is 0.256 e. The Bertz CT molecular complexity index is 1350. The molecule has 1 spiro atoms. The maximum Gasteiger partial charge on any atom is 0.256 e. The van der Waals surface area contributed by atoms with Gasteiger partial charge in [0.25, 0.3) is 11.9 Å². The largest absolute Gasteiger partial charge is 0.488 e. The summed E-state index contributed by atoms with van der Waals surface area (Å²) in [4.78, 5) is 27.2. The second-order valence-corrected chi connectivity index (χ2v) is 10.4. The molecule has 0 aromatic heterocycles. The molecule has 10 heteroatoms. The first-order valence-electron chi connectivity index (χ1n) is 10.9. The maximum atomic E-state index is 13.2. The molecule has 0 bridgehead atoms. The van der Waals surface area contributed by atoms with Crippen LogP contribution >= 0.6 is 39.1 Å². The molecule has 1 fully saturated rings. The lowest BCUT2D eigenvalue weighted by atomic mass is 9.79. The number of fused-ring (bicyclic) bond motifs is 2. The van der Waals surface area contributed by atoms with E-state index in [-0.39, 0.29) is 17.4 Å². The van der Waals surface area contributed by atoms with E-state index >= 15 is 0 Å². The Labute approximate surface area is 220 Å². The van der Waals surface area contributed by atoms with Crippen LogP contribution in [0.5, 0.6) is 5.75 Å². The number of nitro groups is 1. The summed E-state index contributed by atoms with van der Waals surface area (Å²) in [5, 5.41) is 16.4. The van der Waals surface area contributed by atoms with Crippen molar-refractivity contribution >= 4 is 50.7 Å². The van der Waals surface area contributed by atoms with E-state index in [1.807, 2.05) is 12.1 Å². The number of benzene rings is 3. The molecule has 1 amide bonds. The van der Waals surface area contributed by atoms with Gasteiger partial charge >= 0.3 is 0 Å².